The van der Waals surface area contributed by atoms with E-state index < -0.39 is 0 Å². The highest BCUT2D eigenvalue weighted by Crippen LogP contribution is 2.63. The Morgan fingerprint density at radius 1 is 0.127 bits per heavy atom. The predicted molar refractivity (Wildman–Crippen MR) is 485 cm³/mol. The Kier molecular flexibility index (Phi) is 13.3. The molecule has 22 aromatic rings. The van der Waals surface area contributed by atoms with Gasteiger partial charge >= 0.3 is 0 Å². The molecule has 0 atom stereocenters. The van der Waals surface area contributed by atoms with Crippen LogP contribution in [-0.2, 0) is 0 Å². The van der Waals surface area contributed by atoms with Crippen LogP contribution < -0.4 is 0 Å². The Bertz CT molecular complexity index is 7680. The maximum absolute atomic E-state index is 2.56. The number of fused-ring (bicyclic) bond motifs is 12. The smallest absolute Gasteiger partial charge is 0.0544 e. The van der Waals surface area contributed by atoms with Crippen LogP contribution in [0.3, 0.4) is 0 Å². The molecule has 6 bridgehead atoms. The molecule has 4 heterocycles. The first-order chi connectivity index (χ1) is 58.7. The van der Waals surface area contributed by atoms with Gasteiger partial charge in [0.05, 0.1) is 66.9 Å². The third-order valence-electron chi connectivity index (χ3n) is 28.0. The Labute approximate surface area is 681 Å². The molecule has 4 heteroatoms. The molecule has 0 unspecified atom stereocenters. The molecule has 9 aliphatic rings. The molecule has 118 heavy (non-hydrogen) atoms. The summed E-state index contributed by atoms with van der Waals surface area (Å²) in [5, 5.41) is 10.6. The first-order valence-corrected chi connectivity index (χ1v) is 41.8. The van der Waals surface area contributed by atoms with E-state index in [2.05, 4.69) is 419 Å². The van der Waals surface area contributed by atoms with E-state index in [9.17, 15) is 0 Å². The third kappa shape index (κ3) is 8.52. The van der Waals surface area contributed by atoms with Gasteiger partial charge in [0, 0.05) is 101 Å². The van der Waals surface area contributed by atoms with Gasteiger partial charge in [-0.05, 0) is 173 Å². The lowest BCUT2D eigenvalue weighted by Crippen LogP contribution is -2.27. The number of para-hydroxylation sites is 9. The molecule has 0 radical (unpaired) electrons. The summed E-state index contributed by atoms with van der Waals surface area (Å²) < 4.78 is 10.1. The van der Waals surface area contributed by atoms with Gasteiger partial charge in [-0.2, -0.15) is 0 Å². The molecule has 9 aliphatic carbocycles. The van der Waals surface area contributed by atoms with Crippen LogP contribution in [-0.4, -0.2) is 18.3 Å². The minimum absolute atomic E-state index is 0.176. The first-order valence-electron chi connectivity index (χ1n) is 41.8. The second-order valence-corrected chi connectivity index (χ2v) is 33.3. The van der Waals surface area contributed by atoms with E-state index in [0.29, 0.717) is 0 Å². The van der Waals surface area contributed by atoms with Crippen LogP contribution in [0, 0.1) is 0 Å². The molecule has 0 N–H and O–H groups in total. The summed E-state index contributed by atoms with van der Waals surface area (Å²) in [5.41, 5.74) is 45.6. The van der Waals surface area contributed by atoms with E-state index in [1.165, 1.54) is 232 Å². The second kappa shape index (κ2) is 24.4. The van der Waals surface area contributed by atoms with Crippen molar-refractivity contribution in [3.05, 3.63) is 501 Å². The summed E-state index contributed by atoms with van der Waals surface area (Å²) in [5.74, 6) is 1.23. The highest BCUT2D eigenvalue weighted by molar-refractivity contribution is 6.17. The average Bonchev–Trinajstić information content (AvgIpc) is 1.41. The SMILES string of the molecule is c1ccc(-n2c3ccccc3c3c4c(ccc32)C2c3ccccc3C4c3ccccc32)c(-c2ccccc2-n2c3ccccc3c3c4c(ccc32)C2c3ccccc3C4c3ccccc32)c1.c1ccc(-n2c3ccccc3c3ccccc32)c(-c2ccccc2-n2c3ccccc3c3c4c(ccc32)C2c3ccccc3C4c3ccccc32)c1. The lowest BCUT2D eigenvalue weighted by molar-refractivity contribution is 0.761. The van der Waals surface area contributed by atoms with Crippen molar-refractivity contribution in [2.24, 2.45) is 0 Å². The Balaban J connectivity index is 0.000000129. The molecule has 0 amide bonds. The van der Waals surface area contributed by atoms with E-state index >= 15 is 0 Å². The van der Waals surface area contributed by atoms with E-state index in [1.54, 1.807) is 0 Å². The first kappa shape index (κ1) is 64.5. The van der Waals surface area contributed by atoms with Crippen LogP contribution in [0.4, 0.5) is 0 Å². The molecular formula is C114H72N4. The maximum Gasteiger partial charge on any atom is 0.0544 e. The molecule has 4 aromatic heterocycles. The summed E-state index contributed by atoms with van der Waals surface area (Å²) in [6.45, 7) is 0. The Morgan fingerprint density at radius 2 is 0.305 bits per heavy atom. The van der Waals surface area contributed by atoms with Gasteiger partial charge in [-0.15, -0.1) is 0 Å². The van der Waals surface area contributed by atoms with Crippen molar-refractivity contribution in [3.8, 4) is 45.0 Å². The van der Waals surface area contributed by atoms with Gasteiger partial charge in [-0.1, -0.05) is 328 Å². The van der Waals surface area contributed by atoms with Gasteiger partial charge in [0.2, 0.25) is 0 Å². The van der Waals surface area contributed by atoms with E-state index in [-0.39, 0.29) is 35.5 Å². The van der Waals surface area contributed by atoms with Crippen molar-refractivity contribution >= 4 is 87.2 Å². The molecule has 548 valence electrons. The predicted octanol–water partition coefficient (Wildman–Crippen LogP) is 28.1. The largest absolute Gasteiger partial charge is 0.309 e. The Hall–Kier alpha value is -14.8. The summed E-state index contributed by atoms with van der Waals surface area (Å²) in [4.78, 5) is 0. The quantitative estimate of drug-likeness (QED) is 0.158. The molecule has 0 saturated heterocycles. The number of nitrogens with zero attached hydrogens (tertiary/aromatic N) is 4. The fourth-order valence-electron chi connectivity index (χ4n) is 23.7. The summed E-state index contributed by atoms with van der Waals surface area (Å²) in [7, 11) is 0. The minimum atomic E-state index is 0.176. The molecule has 0 aliphatic heterocycles. The highest BCUT2D eigenvalue weighted by Gasteiger charge is 2.47. The zero-order valence-corrected chi connectivity index (χ0v) is 64.4. The lowest BCUT2D eigenvalue weighted by Gasteiger charge is -2.42. The number of rotatable bonds is 6. The summed E-state index contributed by atoms with van der Waals surface area (Å²) >= 11 is 0. The third-order valence-corrected chi connectivity index (χ3v) is 28.0. The van der Waals surface area contributed by atoms with Crippen molar-refractivity contribution in [1.82, 2.24) is 18.3 Å². The van der Waals surface area contributed by atoms with Gasteiger partial charge in [-0.25, -0.2) is 0 Å². The summed E-state index contributed by atoms with van der Waals surface area (Å²) in [6.07, 6.45) is 0. The van der Waals surface area contributed by atoms with Crippen LogP contribution in [0.2, 0.25) is 0 Å². The van der Waals surface area contributed by atoms with Crippen molar-refractivity contribution in [3.63, 3.8) is 0 Å². The van der Waals surface area contributed by atoms with Crippen molar-refractivity contribution < 1.29 is 0 Å². The van der Waals surface area contributed by atoms with Gasteiger partial charge in [-0.3, -0.25) is 0 Å². The molecule has 0 saturated carbocycles. The molecular weight excluding hydrogens is 1430 g/mol. The highest BCUT2D eigenvalue weighted by atomic mass is 15.0. The average molecular weight is 1500 g/mol. The number of aromatic nitrogens is 4. The standard InChI is InChI=1S/C64H40N2.C50H32N2/c1-5-23-43-39(19-1)57-40-20-2-6-24-44(40)59(43)63-49(57)33-35-55-61(63)47-27-11-15-31-53(47)65(55)51-29-13-9-17-37(51)38-18-10-14-30-52(38)66-54-32-16-12-28-48(54)62-56(66)36-34-50-58-41-21-3-7-25-45(41)60(64(50)62)46-26-8-4-22-42(46)58;1-3-21-37-35(19-1)47-36-20-2-4-22-38(36)48(37)50-40(47)29-30-46-49(50)39-23-9-14-28-45(39)52(46)44-27-13-8-18-34(44)33-17-7-12-26-43(33)51-41-24-10-5-15-31(41)32-16-6-11-25-42(32)51/h1-36,57-60H;1-30,47-48H. The molecule has 18 aromatic carbocycles. The monoisotopic (exact) mass is 1500 g/mol. The molecule has 4 nitrogen and oxygen atoms in total. The van der Waals surface area contributed by atoms with Crippen molar-refractivity contribution in [2.75, 3.05) is 0 Å². The van der Waals surface area contributed by atoms with Gasteiger partial charge in [0.15, 0.2) is 0 Å². The minimum Gasteiger partial charge on any atom is -0.309 e. The van der Waals surface area contributed by atoms with Crippen LogP contribution in [0.1, 0.15) is 136 Å². The molecule has 0 fully saturated rings. The van der Waals surface area contributed by atoms with Crippen LogP contribution in [0.15, 0.2) is 400 Å². The Morgan fingerprint density at radius 3 is 0.551 bits per heavy atom. The maximum atomic E-state index is 2.56. The van der Waals surface area contributed by atoms with Gasteiger partial charge < -0.3 is 18.3 Å². The molecule has 31 rings (SSSR count). The van der Waals surface area contributed by atoms with E-state index in [0.717, 1.165) is 0 Å². The zero-order valence-electron chi connectivity index (χ0n) is 64.4. The second-order valence-electron chi connectivity index (χ2n) is 33.3. The van der Waals surface area contributed by atoms with Crippen LogP contribution in [0.5, 0.6) is 0 Å². The fraction of sp³-hybridized carbons (Fsp3) is 0.0526. The van der Waals surface area contributed by atoms with Gasteiger partial charge in [0.1, 0.15) is 0 Å². The van der Waals surface area contributed by atoms with E-state index in [1.807, 2.05) is 0 Å². The molecule has 0 spiro atoms. The van der Waals surface area contributed by atoms with Crippen LogP contribution in [0.25, 0.3) is 132 Å². The van der Waals surface area contributed by atoms with Crippen LogP contribution >= 0.6 is 0 Å². The topological polar surface area (TPSA) is 19.7 Å². The number of hydrogen-bond acceptors (Lipinski definition) is 0. The van der Waals surface area contributed by atoms with Crippen molar-refractivity contribution in [1.29, 1.82) is 0 Å². The fourth-order valence-corrected chi connectivity index (χ4v) is 23.7. The lowest BCUT2D eigenvalue weighted by atomic mass is 9.60. The zero-order chi connectivity index (χ0) is 76.7. The van der Waals surface area contributed by atoms with Gasteiger partial charge in [0.25, 0.3) is 0 Å². The van der Waals surface area contributed by atoms with Crippen molar-refractivity contribution in [2.45, 2.75) is 35.5 Å². The summed E-state index contributed by atoms with van der Waals surface area (Å²) in [6, 6.07) is 151. The normalized spacial score (nSPS) is 17.0. The number of hydrogen-bond donors (Lipinski definition) is 0. The van der Waals surface area contributed by atoms with E-state index in [4.69, 9.17) is 0 Å². The number of benzene rings is 18.